The lowest BCUT2D eigenvalue weighted by molar-refractivity contribution is 0.0980. The minimum atomic E-state index is -0.282. The number of ketones is 4. The van der Waals surface area contributed by atoms with Crippen LogP contribution >= 0.6 is 46.4 Å². The number of likely N-dealkylation sites (tertiary alicyclic amines) is 2. The van der Waals surface area contributed by atoms with Crippen LogP contribution in [0, 0.1) is 16.2 Å². The van der Waals surface area contributed by atoms with Crippen LogP contribution in [-0.4, -0.2) is 150 Å². The lowest BCUT2D eigenvalue weighted by atomic mass is 9.97. The molecule has 128 heavy (non-hydrogen) atoms. The highest BCUT2D eigenvalue weighted by atomic mass is 35.5. The van der Waals surface area contributed by atoms with Crippen LogP contribution in [0.4, 0.5) is 22.7 Å². The van der Waals surface area contributed by atoms with Crippen molar-refractivity contribution in [2.75, 3.05) is 81.7 Å². The predicted molar refractivity (Wildman–Crippen MR) is 517 cm³/mol. The zero-order chi connectivity index (χ0) is 91.2. The average molecular weight is 1790 g/mol. The summed E-state index contributed by atoms with van der Waals surface area (Å²) in [6.45, 7) is 9.35. The van der Waals surface area contributed by atoms with Crippen LogP contribution in [0.5, 0.6) is 0 Å². The van der Waals surface area contributed by atoms with E-state index in [-0.39, 0.29) is 72.4 Å². The van der Waals surface area contributed by atoms with E-state index in [9.17, 15) is 38.4 Å². The van der Waals surface area contributed by atoms with E-state index in [1.54, 1.807) is 231 Å². The van der Waals surface area contributed by atoms with Crippen molar-refractivity contribution in [3.8, 4) is 0 Å². The Bertz CT molecular complexity index is 5960. The lowest BCUT2D eigenvalue weighted by Crippen LogP contribution is -2.35. The summed E-state index contributed by atoms with van der Waals surface area (Å²) in [4.78, 5) is 115. The number of nitrogens with zero attached hydrogens (tertiary/aromatic N) is 5. The monoisotopic (exact) mass is 1780 g/mol. The van der Waals surface area contributed by atoms with Gasteiger partial charge in [0.25, 0.3) is 23.6 Å². The maximum Gasteiger partial charge on any atom is 0.255 e. The normalized spacial score (nSPS) is 12.4. The van der Waals surface area contributed by atoms with E-state index in [4.69, 9.17) is 62.6 Å². The smallest absolute Gasteiger partial charge is 0.255 e. The van der Waals surface area contributed by atoms with Crippen molar-refractivity contribution < 1.29 is 38.4 Å². The number of piperidine rings is 1. The van der Waals surface area contributed by atoms with Gasteiger partial charge in [0.15, 0.2) is 23.1 Å². The number of amides is 4. The molecule has 20 nitrogen and oxygen atoms in total. The zero-order valence-electron chi connectivity index (χ0n) is 71.8. The van der Waals surface area contributed by atoms with Gasteiger partial charge >= 0.3 is 0 Å². The highest BCUT2D eigenvalue weighted by molar-refractivity contribution is 6.32. The molecule has 0 unspecified atom stereocenters. The van der Waals surface area contributed by atoms with Crippen LogP contribution in [0.2, 0.25) is 20.1 Å². The van der Waals surface area contributed by atoms with Gasteiger partial charge in [-0.3, -0.25) is 59.6 Å². The van der Waals surface area contributed by atoms with Crippen molar-refractivity contribution in [1.82, 2.24) is 19.6 Å². The number of aliphatic imine (C=N–C) groups is 1. The van der Waals surface area contributed by atoms with Crippen molar-refractivity contribution in [3.05, 3.63) is 400 Å². The zero-order valence-corrected chi connectivity index (χ0v) is 74.9. The molecule has 3 heterocycles. The first-order valence-corrected chi connectivity index (χ1v) is 43.7. The molecular formula is C104H100Cl4N12O8. The number of carbonyl (C=O) groups is 8. The fourth-order valence-corrected chi connectivity index (χ4v) is 14.9. The number of halogens is 4. The molecule has 3 aliphatic heterocycles. The molecule has 24 heteroatoms. The molecule has 7 N–H and O–H groups in total. The Labute approximate surface area is 766 Å². The molecule has 2 saturated heterocycles. The van der Waals surface area contributed by atoms with E-state index in [0.29, 0.717) is 127 Å². The number of amidine groups is 4. The molecule has 2 fully saturated rings. The van der Waals surface area contributed by atoms with Crippen LogP contribution in [0.15, 0.2) is 296 Å². The SMILES string of the molecule is CC.CN(C)C(=N)c1ccc(C(=O)Cc2ccccc2C(=O)Nc2ccc(Cl)cc2)cc1.CN1CCN=C1c1ccc(C(=O)Cc2ccccc2C(=O)Nc2ccc(Cl)cc2)cc1.N=C(c1ccc(C(=O)Cc2ccccc2C(=O)Nc2ccc(Cl)cc2)cc1)N1CCCC1.N=C(c1ccc(C(=O)Cc2ccccc2C(=O)Nc2ccc(Cl)cc2)cc1)N1CCCCC1. The number of Topliss-reactive ketones (excluding diaryl/α,β-unsaturated/α-hetero) is 4. The van der Waals surface area contributed by atoms with Gasteiger partial charge in [-0.25, -0.2) is 0 Å². The summed E-state index contributed by atoms with van der Waals surface area (Å²) in [6.07, 6.45) is 6.16. The topological polar surface area (TPSA) is 282 Å². The fourth-order valence-electron chi connectivity index (χ4n) is 14.4. The van der Waals surface area contributed by atoms with Gasteiger partial charge in [-0.1, -0.05) is 230 Å². The quantitative estimate of drug-likeness (QED) is 0.0169. The molecule has 12 aromatic rings. The second-order valence-corrected chi connectivity index (χ2v) is 32.2. The molecule has 4 amide bonds. The van der Waals surface area contributed by atoms with E-state index >= 15 is 0 Å². The van der Waals surface area contributed by atoms with Crippen molar-refractivity contribution in [3.63, 3.8) is 0 Å². The molecule has 0 spiro atoms. The summed E-state index contributed by atoms with van der Waals surface area (Å²) in [5, 5.41) is 38.6. The van der Waals surface area contributed by atoms with Gasteiger partial charge in [-0.15, -0.1) is 0 Å². The molecule has 0 aliphatic carbocycles. The molecule has 0 bridgehead atoms. The maximum atomic E-state index is 13.0. The van der Waals surface area contributed by atoms with E-state index in [1.165, 1.54) is 6.42 Å². The standard InChI is InChI=1S/C27H26ClN3O2.C26H24ClN3O2.C25H22ClN3O2.C24H22ClN3O2.C2H6/c28-22-12-14-23(15-13-22)30-27(33)24-7-3-2-6-21(24)18-25(32)19-8-10-20(11-9-19)26(29)31-16-4-1-5-17-31;27-21-11-13-22(14-12-21)29-26(32)23-6-2-1-5-20(23)17-24(31)18-7-9-19(10-8-18)25(28)30-15-3-4-16-30;1-29-15-14-27-24(29)18-8-6-17(7-9-18)23(30)16-19-4-2-3-5-22(19)25(31)28-21-12-10-20(26)11-13-21;1-28(2)23(26)17-9-7-16(8-10-17)22(29)15-18-5-3-4-6-21(18)24(30)27-20-13-11-19(25)12-14-20;1-2/h2-3,6-15,29H,1,4-5,16-18H2,(H,30,33);1-2,5-14,28H,3-4,15-17H2,(H,29,32);2-13H,14-16H2,1H3,(H,28,31);3-14,26H,15H2,1-2H3,(H,27,30);1-2H3. The molecule has 12 aromatic carbocycles. The molecule has 0 aromatic heterocycles. The van der Waals surface area contributed by atoms with E-state index in [2.05, 4.69) is 41.0 Å². The van der Waals surface area contributed by atoms with Gasteiger partial charge in [-0.2, -0.15) is 0 Å². The Morgan fingerprint density at radius 2 is 0.562 bits per heavy atom. The Hall–Kier alpha value is -13.8. The molecule has 0 radical (unpaired) electrons. The molecular weight excluding hydrogens is 1690 g/mol. The Morgan fingerprint density at radius 3 is 0.820 bits per heavy atom. The number of likely N-dealkylation sites (N-methyl/N-ethyl adjacent to an activating group) is 1. The first kappa shape index (κ1) is 94.9. The number of hydrogen-bond donors (Lipinski definition) is 7. The lowest BCUT2D eigenvalue weighted by Gasteiger charge is -2.29. The minimum Gasteiger partial charge on any atom is -0.363 e. The molecule has 15 rings (SSSR count). The summed E-state index contributed by atoms with van der Waals surface area (Å²) in [7, 11) is 5.61. The maximum absolute atomic E-state index is 13.0. The van der Waals surface area contributed by atoms with E-state index < -0.39 is 0 Å². The van der Waals surface area contributed by atoms with Gasteiger partial charge in [0.1, 0.15) is 23.3 Å². The van der Waals surface area contributed by atoms with Gasteiger partial charge in [0.05, 0.1) is 6.54 Å². The number of nitrogens with one attached hydrogen (secondary N) is 7. The van der Waals surface area contributed by atoms with Crippen LogP contribution < -0.4 is 21.3 Å². The molecule has 652 valence electrons. The van der Waals surface area contributed by atoms with E-state index in [1.807, 2.05) is 99.8 Å². The summed E-state index contributed by atoms with van der Waals surface area (Å²) in [5.41, 5.74) is 12.7. The van der Waals surface area contributed by atoms with Crippen molar-refractivity contribution >= 4 is 139 Å². The van der Waals surface area contributed by atoms with E-state index in [0.717, 1.165) is 93.0 Å². The molecule has 0 atom stereocenters. The largest absolute Gasteiger partial charge is 0.363 e. The molecule has 3 aliphatic rings. The number of rotatable bonds is 24. The Balaban J connectivity index is 0.000000164. The number of carbonyl (C=O) groups excluding carboxylic acids is 8. The summed E-state index contributed by atoms with van der Waals surface area (Å²) in [6, 6.07) is 84.8. The summed E-state index contributed by atoms with van der Waals surface area (Å²) >= 11 is 23.6. The second-order valence-electron chi connectivity index (χ2n) is 30.5. The summed E-state index contributed by atoms with van der Waals surface area (Å²) < 4.78 is 0. The number of benzene rings is 12. The first-order chi connectivity index (χ1) is 61.9. The Kier molecular flexibility index (Phi) is 34.8. The van der Waals surface area contributed by atoms with Crippen LogP contribution in [0.3, 0.4) is 0 Å². The minimum absolute atomic E-state index is 0.0417. The van der Waals surface area contributed by atoms with Crippen molar-refractivity contribution in [2.45, 2.75) is 71.6 Å². The highest BCUT2D eigenvalue weighted by Gasteiger charge is 2.24. The van der Waals surface area contributed by atoms with Crippen molar-refractivity contribution in [1.29, 1.82) is 16.2 Å². The van der Waals surface area contributed by atoms with Gasteiger partial charge in [0.2, 0.25) is 0 Å². The third-order valence-corrected chi connectivity index (χ3v) is 22.4. The average Bonchev–Trinajstić information content (AvgIpc) is 1.14. The second kappa shape index (κ2) is 47.0. The van der Waals surface area contributed by atoms with Crippen LogP contribution in [0.1, 0.15) is 173 Å². The number of hydrogen-bond acceptors (Lipinski definition) is 13. The Morgan fingerprint density at radius 1 is 0.320 bits per heavy atom. The third kappa shape index (κ3) is 26.9. The van der Waals surface area contributed by atoms with Gasteiger partial charge in [-0.05, 0) is 176 Å². The summed E-state index contributed by atoms with van der Waals surface area (Å²) in [5.74, 6) is 0.971. The fraction of sp³-hybridized carbons (Fsp3) is 0.192. The molecule has 0 saturated carbocycles. The van der Waals surface area contributed by atoms with Crippen LogP contribution in [-0.2, 0) is 25.7 Å². The van der Waals surface area contributed by atoms with Gasteiger partial charge < -0.3 is 40.9 Å². The first-order valence-electron chi connectivity index (χ1n) is 42.2. The predicted octanol–water partition coefficient (Wildman–Crippen LogP) is 21.9. The number of anilines is 4. The van der Waals surface area contributed by atoms with Gasteiger partial charge in [0, 0.05) is 189 Å². The van der Waals surface area contributed by atoms with Crippen LogP contribution in [0.25, 0.3) is 0 Å². The van der Waals surface area contributed by atoms with Crippen molar-refractivity contribution in [2.24, 2.45) is 4.99 Å². The highest BCUT2D eigenvalue weighted by Crippen LogP contribution is 2.27. The third-order valence-electron chi connectivity index (χ3n) is 21.4.